The van der Waals surface area contributed by atoms with Crippen LogP contribution in [-0.4, -0.2) is 35.4 Å². The van der Waals surface area contributed by atoms with Crippen molar-refractivity contribution < 1.29 is 14.3 Å². The number of ether oxygens (including phenoxy) is 1. The van der Waals surface area contributed by atoms with Gasteiger partial charge in [0.15, 0.2) is 6.61 Å². The van der Waals surface area contributed by atoms with Gasteiger partial charge in [0.2, 0.25) is 5.91 Å². The van der Waals surface area contributed by atoms with Crippen molar-refractivity contribution in [3.05, 3.63) is 62.0 Å². The molecule has 1 unspecified atom stereocenters. The monoisotopic (exact) mass is 570 g/mol. The van der Waals surface area contributed by atoms with Crippen LogP contribution in [0.2, 0.25) is 10.0 Å². The lowest BCUT2D eigenvalue weighted by atomic mass is 9.87. The van der Waals surface area contributed by atoms with Gasteiger partial charge in [0.05, 0.1) is 14.5 Å². The van der Waals surface area contributed by atoms with Crippen LogP contribution in [0, 0.1) is 0 Å². The van der Waals surface area contributed by atoms with E-state index in [2.05, 4.69) is 42.0 Å². The zero-order valence-electron chi connectivity index (χ0n) is 20.5. The molecule has 0 radical (unpaired) electrons. The molecule has 0 aliphatic rings. The Bertz CT molecular complexity index is 1020. The number of amides is 2. The number of hydrogen-bond donors (Lipinski definition) is 1. The topological polar surface area (TPSA) is 58.6 Å². The number of nitrogens with zero attached hydrogens (tertiary/aromatic N) is 1. The SMILES string of the molecule is CCC(C(=O)NC(C)C)N(Cc1ccc(Cl)c(Cl)c1)C(=O)COc1ccc(C(C)(C)C)cc1Br. The van der Waals surface area contributed by atoms with Crippen molar-refractivity contribution in [2.24, 2.45) is 0 Å². The zero-order valence-corrected chi connectivity index (χ0v) is 23.6. The van der Waals surface area contributed by atoms with Gasteiger partial charge >= 0.3 is 0 Å². The highest BCUT2D eigenvalue weighted by atomic mass is 79.9. The maximum Gasteiger partial charge on any atom is 0.261 e. The number of nitrogens with one attached hydrogen (secondary N) is 1. The molecular weight excluding hydrogens is 539 g/mol. The second-order valence-corrected chi connectivity index (χ2v) is 11.2. The Hall–Kier alpha value is -1.76. The van der Waals surface area contributed by atoms with Gasteiger partial charge in [0.1, 0.15) is 11.8 Å². The van der Waals surface area contributed by atoms with E-state index in [-0.39, 0.29) is 36.4 Å². The lowest BCUT2D eigenvalue weighted by molar-refractivity contribution is -0.143. The van der Waals surface area contributed by atoms with Crippen molar-refractivity contribution >= 4 is 50.9 Å². The highest BCUT2D eigenvalue weighted by molar-refractivity contribution is 9.10. The standard InChI is InChI=1S/C26H33BrCl2N2O3/c1-7-22(25(33)30-16(2)3)31(14-17-8-10-20(28)21(29)12-17)24(32)15-34-23-11-9-18(13-19(23)27)26(4,5)6/h8-13,16,22H,7,14-15H2,1-6H3,(H,30,33). The normalized spacial score (nSPS) is 12.4. The van der Waals surface area contributed by atoms with Gasteiger partial charge in [-0.25, -0.2) is 0 Å². The van der Waals surface area contributed by atoms with E-state index in [1.165, 1.54) is 4.90 Å². The zero-order chi connectivity index (χ0) is 25.6. The Kier molecular flexibility index (Phi) is 10.3. The first-order valence-electron chi connectivity index (χ1n) is 11.3. The molecule has 0 saturated heterocycles. The number of rotatable bonds is 9. The third-order valence-corrected chi connectivity index (χ3v) is 6.66. The number of carbonyl (C=O) groups is 2. The van der Waals surface area contributed by atoms with Crippen LogP contribution in [0.25, 0.3) is 0 Å². The maximum absolute atomic E-state index is 13.3. The Morgan fingerprint density at radius 3 is 2.29 bits per heavy atom. The summed E-state index contributed by atoms with van der Waals surface area (Å²) < 4.78 is 6.64. The minimum absolute atomic E-state index is 0.00829. The fourth-order valence-corrected chi connectivity index (χ4v) is 4.26. The van der Waals surface area contributed by atoms with Crippen LogP contribution in [0.5, 0.6) is 5.75 Å². The van der Waals surface area contributed by atoms with E-state index in [1.54, 1.807) is 18.2 Å². The first-order chi connectivity index (χ1) is 15.8. The largest absolute Gasteiger partial charge is 0.483 e. The molecule has 0 aliphatic carbocycles. The van der Waals surface area contributed by atoms with Crippen molar-refractivity contribution in [1.29, 1.82) is 0 Å². The maximum atomic E-state index is 13.3. The van der Waals surface area contributed by atoms with Crippen molar-refractivity contribution in [2.45, 2.75) is 72.0 Å². The van der Waals surface area contributed by atoms with Crippen LogP contribution < -0.4 is 10.1 Å². The lowest BCUT2D eigenvalue weighted by Crippen LogP contribution is -2.51. The Labute approximate surface area is 221 Å². The van der Waals surface area contributed by atoms with E-state index in [0.717, 1.165) is 15.6 Å². The molecule has 2 rings (SSSR count). The van der Waals surface area contributed by atoms with Gasteiger partial charge in [-0.15, -0.1) is 0 Å². The van der Waals surface area contributed by atoms with E-state index in [0.29, 0.717) is 22.2 Å². The van der Waals surface area contributed by atoms with Crippen LogP contribution in [-0.2, 0) is 21.5 Å². The molecule has 2 aromatic rings. The molecule has 34 heavy (non-hydrogen) atoms. The summed E-state index contributed by atoms with van der Waals surface area (Å²) in [5, 5.41) is 3.73. The summed E-state index contributed by atoms with van der Waals surface area (Å²) in [5.74, 6) is 0.0563. The van der Waals surface area contributed by atoms with E-state index >= 15 is 0 Å². The van der Waals surface area contributed by atoms with Gasteiger partial charge in [-0.3, -0.25) is 9.59 Å². The quantitative estimate of drug-likeness (QED) is 0.361. The Morgan fingerprint density at radius 1 is 1.09 bits per heavy atom. The molecule has 0 aromatic heterocycles. The Morgan fingerprint density at radius 2 is 1.76 bits per heavy atom. The smallest absolute Gasteiger partial charge is 0.261 e. The van der Waals surface area contributed by atoms with Crippen molar-refractivity contribution in [3.63, 3.8) is 0 Å². The molecule has 1 N–H and O–H groups in total. The van der Waals surface area contributed by atoms with E-state index in [4.69, 9.17) is 27.9 Å². The van der Waals surface area contributed by atoms with Crippen molar-refractivity contribution in [2.75, 3.05) is 6.61 Å². The minimum Gasteiger partial charge on any atom is -0.483 e. The summed E-state index contributed by atoms with van der Waals surface area (Å²) in [4.78, 5) is 27.8. The highest BCUT2D eigenvalue weighted by Gasteiger charge is 2.29. The molecule has 0 aliphatic heterocycles. The molecular formula is C26H33BrCl2N2O3. The summed E-state index contributed by atoms with van der Waals surface area (Å²) in [6, 6.07) is 10.3. The minimum atomic E-state index is -0.653. The Balaban J connectivity index is 2.27. The second-order valence-electron chi connectivity index (χ2n) is 9.54. The van der Waals surface area contributed by atoms with E-state index in [1.807, 2.05) is 39.0 Å². The average molecular weight is 572 g/mol. The molecule has 0 bridgehead atoms. The number of hydrogen-bond acceptors (Lipinski definition) is 3. The summed E-state index contributed by atoms with van der Waals surface area (Å²) in [5.41, 5.74) is 1.91. The van der Waals surface area contributed by atoms with Gasteiger partial charge < -0.3 is 15.0 Å². The molecule has 0 fully saturated rings. The van der Waals surface area contributed by atoms with Crippen LogP contribution >= 0.6 is 39.1 Å². The second kappa shape index (κ2) is 12.3. The molecule has 0 saturated carbocycles. The third-order valence-electron chi connectivity index (χ3n) is 5.30. The summed E-state index contributed by atoms with van der Waals surface area (Å²) in [7, 11) is 0. The molecule has 1 atom stereocenters. The van der Waals surface area contributed by atoms with Crippen LogP contribution in [0.4, 0.5) is 0 Å². The highest BCUT2D eigenvalue weighted by Crippen LogP contribution is 2.31. The van der Waals surface area contributed by atoms with Gasteiger partial charge in [0, 0.05) is 12.6 Å². The fraction of sp³-hybridized carbons (Fsp3) is 0.462. The van der Waals surface area contributed by atoms with Crippen LogP contribution in [0.1, 0.15) is 59.1 Å². The molecule has 5 nitrogen and oxygen atoms in total. The van der Waals surface area contributed by atoms with Gasteiger partial charge in [-0.2, -0.15) is 0 Å². The predicted octanol–water partition coefficient (Wildman–Crippen LogP) is 6.76. The molecule has 8 heteroatoms. The lowest BCUT2D eigenvalue weighted by Gasteiger charge is -2.31. The van der Waals surface area contributed by atoms with E-state index in [9.17, 15) is 9.59 Å². The first kappa shape index (κ1) is 28.5. The molecule has 2 aromatic carbocycles. The molecule has 186 valence electrons. The third kappa shape index (κ3) is 7.89. The summed E-state index contributed by atoms with van der Waals surface area (Å²) >= 11 is 15.8. The number of benzene rings is 2. The van der Waals surface area contributed by atoms with Crippen molar-refractivity contribution in [3.8, 4) is 5.75 Å². The summed E-state index contributed by atoms with van der Waals surface area (Å²) in [6.07, 6.45) is 0.454. The van der Waals surface area contributed by atoms with Crippen molar-refractivity contribution in [1.82, 2.24) is 10.2 Å². The molecule has 0 spiro atoms. The first-order valence-corrected chi connectivity index (χ1v) is 12.8. The van der Waals surface area contributed by atoms with Gasteiger partial charge in [0.25, 0.3) is 5.91 Å². The number of halogens is 3. The van der Waals surface area contributed by atoms with E-state index < -0.39 is 6.04 Å². The fourth-order valence-electron chi connectivity index (χ4n) is 3.44. The molecule has 2 amide bonds. The van der Waals surface area contributed by atoms with Crippen LogP contribution in [0.15, 0.2) is 40.9 Å². The van der Waals surface area contributed by atoms with Crippen LogP contribution in [0.3, 0.4) is 0 Å². The van der Waals surface area contributed by atoms with Gasteiger partial charge in [-0.1, -0.05) is 63.0 Å². The molecule has 0 heterocycles. The predicted molar refractivity (Wildman–Crippen MR) is 143 cm³/mol. The number of carbonyl (C=O) groups excluding carboxylic acids is 2. The van der Waals surface area contributed by atoms with Gasteiger partial charge in [-0.05, 0) is 77.0 Å². The summed E-state index contributed by atoms with van der Waals surface area (Å²) in [6.45, 7) is 12.0. The average Bonchev–Trinajstić information content (AvgIpc) is 2.73.